The Morgan fingerprint density at radius 1 is 1.18 bits per heavy atom. The first-order valence-electron chi connectivity index (χ1n) is 7.71. The molecule has 0 amide bonds. The molecule has 0 N–H and O–H groups in total. The van der Waals surface area contributed by atoms with Crippen LogP contribution in [0.2, 0.25) is 0 Å². The van der Waals surface area contributed by atoms with Crippen molar-refractivity contribution in [1.29, 1.82) is 0 Å². The van der Waals surface area contributed by atoms with Crippen LogP contribution < -0.4 is 0 Å². The number of rotatable bonds is 5. The summed E-state index contributed by atoms with van der Waals surface area (Å²) in [5.74, 6) is 0.992. The molecule has 0 spiro atoms. The minimum absolute atomic E-state index is 0.321. The Morgan fingerprint density at radius 3 is 2.50 bits per heavy atom. The van der Waals surface area contributed by atoms with Gasteiger partial charge in [-0.25, -0.2) is 19.7 Å². The summed E-state index contributed by atoms with van der Waals surface area (Å²) in [5, 5.41) is 0. The monoisotopic (exact) mass is 297 g/mol. The van der Waals surface area contributed by atoms with Crippen LogP contribution in [0.15, 0.2) is 24.7 Å². The molecule has 0 bridgehead atoms. The Balaban J connectivity index is 2.00. The van der Waals surface area contributed by atoms with Gasteiger partial charge < -0.3 is 4.74 Å². The molecule has 5 heteroatoms. The molecular formula is C17H19N3O2. The van der Waals surface area contributed by atoms with E-state index in [0.29, 0.717) is 18.2 Å². The summed E-state index contributed by atoms with van der Waals surface area (Å²) < 4.78 is 5.09. The number of nitrogens with zero attached hydrogens (tertiary/aromatic N) is 3. The summed E-state index contributed by atoms with van der Waals surface area (Å²) in [4.78, 5) is 25.2. The van der Waals surface area contributed by atoms with E-state index in [1.54, 1.807) is 25.5 Å². The third-order valence-corrected chi connectivity index (χ3v) is 3.75. The SMILES string of the molecule is CCOC(=O)c1ncc(CC)cc1-c1cnc(C2CC2)nc1. The van der Waals surface area contributed by atoms with Crippen molar-refractivity contribution < 1.29 is 9.53 Å². The van der Waals surface area contributed by atoms with Gasteiger partial charge in [-0.05, 0) is 37.8 Å². The van der Waals surface area contributed by atoms with E-state index in [-0.39, 0.29) is 0 Å². The molecule has 2 aromatic rings. The lowest BCUT2D eigenvalue weighted by molar-refractivity contribution is 0.0520. The second-order valence-corrected chi connectivity index (χ2v) is 5.42. The molecule has 114 valence electrons. The van der Waals surface area contributed by atoms with Crippen molar-refractivity contribution in [2.24, 2.45) is 0 Å². The number of ether oxygens (including phenoxy) is 1. The fraction of sp³-hybridized carbons (Fsp3) is 0.412. The average molecular weight is 297 g/mol. The smallest absolute Gasteiger partial charge is 0.357 e. The van der Waals surface area contributed by atoms with Crippen molar-refractivity contribution in [1.82, 2.24) is 15.0 Å². The van der Waals surface area contributed by atoms with Gasteiger partial charge in [-0.2, -0.15) is 0 Å². The zero-order chi connectivity index (χ0) is 15.5. The number of hydrogen-bond acceptors (Lipinski definition) is 5. The number of hydrogen-bond donors (Lipinski definition) is 0. The van der Waals surface area contributed by atoms with Gasteiger partial charge in [-0.1, -0.05) is 6.92 Å². The molecule has 0 aliphatic heterocycles. The van der Waals surface area contributed by atoms with E-state index in [1.165, 1.54) is 12.8 Å². The van der Waals surface area contributed by atoms with Crippen LogP contribution in [-0.2, 0) is 11.2 Å². The van der Waals surface area contributed by atoms with Gasteiger partial charge in [0.05, 0.1) is 6.61 Å². The Morgan fingerprint density at radius 2 is 1.91 bits per heavy atom. The number of pyridine rings is 1. The second-order valence-electron chi connectivity index (χ2n) is 5.42. The highest BCUT2D eigenvalue weighted by molar-refractivity contribution is 5.95. The van der Waals surface area contributed by atoms with E-state index in [0.717, 1.165) is 28.9 Å². The third-order valence-electron chi connectivity index (χ3n) is 3.75. The first kappa shape index (κ1) is 14.6. The number of esters is 1. The molecular weight excluding hydrogens is 278 g/mol. The van der Waals surface area contributed by atoms with Gasteiger partial charge in [0.25, 0.3) is 0 Å². The van der Waals surface area contributed by atoms with Crippen LogP contribution in [0.25, 0.3) is 11.1 Å². The first-order chi connectivity index (χ1) is 10.7. The summed E-state index contributed by atoms with van der Waals surface area (Å²) in [5.41, 5.74) is 2.92. The van der Waals surface area contributed by atoms with E-state index in [4.69, 9.17) is 4.74 Å². The van der Waals surface area contributed by atoms with E-state index in [2.05, 4.69) is 21.9 Å². The Kier molecular flexibility index (Phi) is 4.13. The minimum Gasteiger partial charge on any atom is -0.461 e. The zero-order valence-electron chi connectivity index (χ0n) is 12.9. The van der Waals surface area contributed by atoms with Gasteiger partial charge in [0.15, 0.2) is 5.69 Å². The highest BCUT2D eigenvalue weighted by Crippen LogP contribution is 2.38. The fourth-order valence-corrected chi connectivity index (χ4v) is 2.31. The molecule has 0 aromatic carbocycles. The van der Waals surface area contributed by atoms with E-state index in [9.17, 15) is 4.79 Å². The minimum atomic E-state index is -0.411. The predicted molar refractivity (Wildman–Crippen MR) is 82.6 cm³/mol. The average Bonchev–Trinajstić information content (AvgIpc) is 3.39. The molecule has 1 saturated carbocycles. The van der Waals surface area contributed by atoms with Gasteiger partial charge in [0.1, 0.15) is 5.82 Å². The van der Waals surface area contributed by atoms with Crippen molar-refractivity contribution in [2.75, 3.05) is 6.61 Å². The highest BCUT2D eigenvalue weighted by Gasteiger charge is 2.26. The molecule has 1 aliphatic rings. The lowest BCUT2D eigenvalue weighted by Gasteiger charge is -2.10. The molecule has 0 radical (unpaired) electrons. The van der Waals surface area contributed by atoms with Gasteiger partial charge in [-0.15, -0.1) is 0 Å². The summed E-state index contributed by atoms with van der Waals surface area (Å²) in [6, 6.07) is 1.97. The molecule has 1 aliphatic carbocycles. The molecule has 2 aromatic heterocycles. The number of aromatic nitrogens is 3. The van der Waals surface area contributed by atoms with Crippen molar-refractivity contribution in [2.45, 2.75) is 39.0 Å². The normalized spacial score (nSPS) is 13.9. The maximum atomic E-state index is 12.1. The topological polar surface area (TPSA) is 65.0 Å². The predicted octanol–water partition coefficient (Wildman–Crippen LogP) is 3.16. The van der Waals surface area contributed by atoms with Crippen LogP contribution in [-0.4, -0.2) is 27.5 Å². The fourth-order valence-electron chi connectivity index (χ4n) is 2.31. The zero-order valence-corrected chi connectivity index (χ0v) is 12.9. The van der Waals surface area contributed by atoms with Gasteiger partial charge >= 0.3 is 5.97 Å². The van der Waals surface area contributed by atoms with Crippen LogP contribution in [0.3, 0.4) is 0 Å². The van der Waals surface area contributed by atoms with Gasteiger partial charge in [0, 0.05) is 35.6 Å². The largest absolute Gasteiger partial charge is 0.461 e. The molecule has 2 heterocycles. The summed E-state index contributed by atoms with van der Waals surface area (Å²) in [7, 11) is 0. The summed E-state index contributed by atoms with van der Waals surface area (Å²) in [6.45, 7) is 4.16. The maximum absolute atomic E-state index is 12.1. The van der Waals surface area contributed by atoms with E-state index < -0.39 is 5.97 Å². The molecule has 0 saturated heterocycles. The van der Waals surface area contributed by atoms with Crippen molar-refractivity contribution in [3.8, 4) is 11.1 Å². The Bertz CT molecular complexity index is 679. The lowest BCUT2D eigenvalue weighted by Crippen LogP contribution is -2.10. The van der Waals surface area contributed by atoms with Crippen LogP contribution in [0.4, 0.5) is 0 Å². The van der Waals surface area contributed by atoms with E-state index in [1.807, 2.05) is 6.07 Å². The van der Waals surface area contributed by atoms with Crippen LogP contribution in [0.1, 0.15) is 54.5 Å². The Hall–Kier alpha value is -2.30. The van der Waals surface area contributed by atoms with Crippen LogP contribution >= 0.6 is 0 Å². The number of carbonyl (C=O) groups is 1. The van der Waals surface area contributed by atoms with Crippen LogP contribution in [0, 0.1) is 0 Å². The molecule has 1 fully saturated rings. The number of carbonyl (C=O) groups excluding carboxylic acids is 1. The molecule has 22 heavy (non-hydrogen) atoms. The van der Waals surface area contributed by atoms with Crippen molar-refractivity contribution in [3.05, 3.63) is 41.7 Å². The van der Waals surface area contributed by atoms with Crippen LogP contribution in [0.5, 0.6) is 0 Å². The van der Waals surface area contributed by atoms with Gasteiger partial charge in [0.2, 0.25) is 0 Å². The number of aryl methyl sites for hydroxylation is 1. The molecule has 0 unspecified atom stereocenters. The maximum Gasteiger partial charge on any atom is 0.357 e. The third kappa shape index (κ3) is 2.98. The quantitative estimate of drug-likeness (QED) is 0.793. The molecule has 3 rings (SSSR count). The second kappa shape index (κ2) is 6.22. The first-order valence-corrected chi connectivity index (χ1v) is 7.71. The standard InChI is InChI=1S/C17H19N3O2/c1-3-11-7-14(15(18-8-11)17(21)22-4-2)13-9-19-16(20-10-13)12-5-6-12/h7-10,12H,3-6H2,1-2H3. The lowest BCUT2D eigenvalue weighted by atomic mass is 10.0. The molecule has 0 atom stereocenters. The molecule has 5 nitrogen and oxygen atoms in total. The summed E-state index contributed by atoms with van der Waals surface area (Å²) in [6.07, 6.45) is 8.46. The van der Waals surface area contributed by atoms with E-state index >= 15 is 0 Å². The van der Waals surface area contributed by atoms with Crippen molar-refractivity contribution in [3.63, 3.8) is 0 Å². The van der Waals surface area contributed by atoms with Crippen molar-refractivity contribution >= 4 is 5.97 Å². The van der Waals surface area contributed by atoms with Gasteiger partial charge in [-0.3, -0.25) is 0 Å². The Labute approximate surface area is 129 Å². The summed E-state index contributed by atoms with van der Waals surface area (Å²) >= 11 is 0. The highest BCUT2D eigenvalue weighted by atomic mass is 16.5.